The van der Waals surface area contributed by atoms with Gasteiger partial charge < -0.3 is 9.80 Å². The van der Waals surface area contributed by atoms with E-state index in [0.29, 0.717) is 0 Å². The molecular formula is C10H21N2O+. The van der Waals surface area contributed by atoms with Gasteiger partial charge in [-0.1, -0.05) is 13.0 Å². The van der Waals surface area contributed by atoms with Gasteiger partial charge >= 0.3 is 0 Å². The van der Waals surface area contributed by atoms with Crippen LogP contribution in [0.25, 0.3) is 0 Å². The molecule has 0 saturated heterocycles. The molecule has 0 aliphatic carbocycles. The highest BCUT2D eigenvalue weighted by atomic mass is 16.1. The molecule has 1 N–H and O–H groups in total. The minimum absolute atomic E-state index is 0.0117. The van der Waals surface area contributed by atoms with Crippen molar-refractivity contribution in [3.8, 4) is 0 Å². The van der Waals surface area contributed by atoms with Gasteiger partial charge in [-0.2, -0.15) is 0 Å². The summed E-state index contributed by atoms with van der Waals surface area (Å²) >= 11 is 0. The standard InChI is InChI=1S/C10H20N2O/c1-6-8-10(13)11-9(7-2)12(3,4)5/h6,8-9H,7H2,1-5H3/p+1/b8-6+. The fourth-order valence-corrected chi connectivity index (χ4v) is 1.21. The Morgan fingerprint density at radius 3 is 2.31 bits per heavy atom. The van der Waals surface area contributed by atoms with Crippen molar-refractivity contribution >= 4 is 5.91 Å². The van der Waals surface area contributed by atoms with Gasteiger partial charge in [-0.05, 0) is 13.0 Å². The van der Waals surface area contributed by atoms with E-state index in [0.717, 1.165) is 10.9 Å². The molecule has 0 radical (unpaired) electrons. The van der Waals surface area contributed by atoms with Crippen LogP contribution in [0.1, 0.15) is 20.3 Å². The lowest BCUT2D eigenvalue weighted by Gasteiger charge is -2.33. The van der Waals surface area contributed by atoms with Gasteiger partial charge in [0.05, 0.1) is 21.1 Å². The monoisotopic (exact) mass is 185 g/mol. The Hall–Kier alpha value is -0.830. The molecule has 1 unspecified atom stereocenters. The van der Waals surface area contributed by atoms with Crippen molar-refractivity contribution < 1.29 is 9.28 Å². The quantitative estimate of drug-likeness (QED) is 0.397. The van der Waals surface area contributed by atoms with Crippen LogP contribution in [0.4, 0.5) is 0 Å². The lowest BCUT2D eigenvalue weighted by Crippen LogP contribution is -2.54. The van der Waals surface area contributed by atoms with Crippen LogP contribution in [0.2, 0.25) is 0 Å². The van der Waals surface area contributed by atoms with E-state index in [9.17, 15) is 4.79 Å². The second kappa shape index (κ2) is 5.02. The molecule has 1 atom stereocenters. The molecule has 76 valence electrons. The first-order valence-electron chi connectivity index (χ1n) is 4.66. The fraction of sp³-hybridized carbons (Fsp3) is 0.700. The molecule has 0 aromatic heterocycles. The highest BCUT2D eigenvalue weighted by molar-refractivity contribution is 5.87. The van der Waals surface area contributed by atoms with Crippen LogP contribution in [0.3, 0.4) is 0 Å². The van der Waals surface area contributed by atoms with Gasteiger partial charge in [0.2, 0.25) is 5.91 Å². The molecule has 0 fully saturated rings. The molecule has 3 nitrogen and oxygen atoms in total. The molecule has 0 rings (SSSR count). The zero-order chi connectivity index (χ0) is 10.5. The van der Waals surface area contributed by atoms with Gasteiger partial charge in [-0.15, -0.1) is 0 Å². The second-order valence-corrected chi connectivity index (χ2v) is 4.05. The van der Waals surface area contributed by atoms with Crippen LogP contribution in [-0.2, 0) is 4.79 Å². The Labute approximate surface area is 81.0 Å². The number of hydrogen-bond donors (Lipinski definition) is 1. The molecule has 0 aliphatic heterocycles. The number of carbonyl (C=O) groups excluding carboxylic acids is 1. The zero-order valence-corrected chi connectivity index (χ0v) is 9.29. The number of rotatable bonds is 4. The van der Waals surface area contributed by atoms with Crippen molar-refractivity contribution in [1.29, 1.82) is 0 Å². The summed E-state index contributed by atoms with van der Waals surface area (Å²) in [6.45, 7) is 3.91. The highest BCUT2D eigenvalue weighted by Crippen LogP contribution is 2.03. The maximum absolute atomic E-state index is 11.3. The molecule has 0 spiro atoms. The molecule has 0 aromatic carbocycles. The molecule has 0 heterocycles. The van der Waals surface area contributed by atoms with E-state index in [1.54, 1.807) is 12.2 Å². The van der Waals surface area contributed by atoms with Crippen molar-refractivity contribution in [3.63, 3.8) is 0 Å². The van der Waals surface area contributed by atoms with E-state index in [1.807, 2.05) is 6.92 Å². The number of hydrogen-bond acceptors (Lipinski definition) is 1. The third kappa shape index (κ3) is 4.68. The number of amides is 1. The van der Waals surface area contributed by atoms with Crippen molar-refractivity contribution in [2.45, 2.75) is 26.4 Å². The number of nitrogens with one attached hydrogen (secondary N) is 1. The third-order valence-electron chi connectivity index (χ3n) is 1.95. The van der Waals surface area contributed by atoms with E-state index >= 15 is 0 Å². The predicted molar refractivity (Wildman–Crippen MR) is 55.1 cm³/mol. The van der Waals surface area contributed by atoms with Gasteiger partial charge in [-0.25, -0.2) is 0 Å². The van der Waals surface area contributed by atoms with Crippen LogP contribution in [-0.4, -0.2) is 37.7 Å². The maximum atomic E-state index is 11.3. The lowest BCUT2D eigenvalue weighted by molar-refractivity contribution is -0.898. The summed E-state index contributed by atoms with van der Waals surface area (Å²) in [4.78, 5) is 11.3. The summed E-state index contributed by atoms with van der Waals surface area (Å²) in [6.07, 6.45) is 4.42. The van der Waals surface area contributed by atoms with E-state index in [1.165, 1.54) is 0 Å². The van der Waals surface area contributed by atoms with E-state index < -0.39 is 0 Å². The van der Waals surface area contributed by atoms with Gasteiger partial charge in [0, 0.05) is 6.42 Å². The summed E-state index contributed by atoms with van der Waals surface area (Å²) in [6, 6.07) is 0. The average Bonchev–Trinajstić information content (AvgIpc) is 1.98. The van der Waals surface area contributed by atoms with E-state index in [4.69, 9.17) is 0 Å². The zero-order valence-electron chi connectivity index (χ0n) is 9.29. The largest absolute Gasteiger partial charge is 0.311 e. The molecule has 3 heteroatoms. The first-order valence-corrected chi connectivity index (χ1v) is 4.66. The minimum atomic E-state index is -0.0117. The smallest absolute Gasteiger partial charge is 0.248 e. The van der Waals surface area contributed by atoms with Crippen LogP contribution in [0.5, 0.6) is 0 Å². The molecular weight excluding hydrogens is 164 g/mol. The minimum Gasteiger partial charge on any atom is -0.311 e. The normalized spacial score (nSPS) is 14.5. The van der Waals surface area contributed by atoms with Gasteiger partial charge in [0.25, 0.3) is 0 Å². The van der Waals surface area contributed by atoms with Crippen LogP contribution in [0, 0.1) is 0 Å². The molecule has 0 aromatic rings. The second-order valence-electron chi connectivity index (χ2n) is 4.05. The van der Waals surface area contributed by atoms with Crippen LogP contribution >= 0.6 is 0 Å². The first-order chi connectivity index (χ1) is 5.91. The van der Waals surface area contributed by atoms with Crippen molar-refractivity contribution in [2.75, 3.05) is 21.1 Å². The van der Waals surface area contributed by atoms with Crippen molar-refractivity contribution in [1.82, 2.24) is 5.32 Å². The Morgan fingerprint density at radius 2 is 2.00 bits per heavy atom. The Kier molecular flexibility index (Phi) is 4.70. The number of allylic oxidation sites excluding steroid dienone is 1. The Morgan fingerprint density at radius 1 is 1.46 bits per heavy atom. The van der Waals surface area contributed by atoms with E-state index in [-0.39, 0.29) is 12.1 Å². The van der Waals surface area contributed by atoms with Crippen LogP contribution < -0.4 is 5.32 Å². The van der Waals surface area contributed by atoms with Gasteiger partial charge in [-0.3, -0.25) is 4.79 Å². The molecule has 13 heavy (non-hydrogen) atoms. The summed E-state index contributed by atoms with van der Waals surface area (Å²) in [5.74, 6) is -0.0117. The number of nitrogens with zero attached hydrogens (tertiary/aromatic N) is 1. The van der Waals surface area contributed by atoms with E-state index in [2.05, 4.69) is 33.4 Å². The predicted octanol–water partition coefficient (Wildman–Crippen LogP) is 1.12. The van der Waals surface area contributed by atoms with Crippen molar-refractivity contribution in [2.24, 2.45) is 0 Å². The summed E-state index contributed by atoms with van der Waals surface area (Å²) in [5.41, 5.74) is 0. The van der Waals surface area contributed by atoms with Gasteiger partial charge in [0.15, 0.2) is 6.17 Å². The Bertz CT molecular complexity index is 192. The lowest BCUT2D eigenvalue weighted by atomic mass is 10.3. The van der Waals surface area contributed by atoms with Gasteiger partial charge in [0.1, 0.15) is 0 Å². The average molecular weight is 185 g/mol. The fourth-order valence-electron chi connectivity index (χ4n) is 1.21. The summed E-state index contributed by atoms with van der Waals surface area (Å²) in [5, 5.41) is 2.95. The van der Waals surface area contributed by atoms with Crippen molar-refractivity contribution in [3.05, 3.63) is 12.2 Å². The number of carbonyl (C=O) groups is 1. The van der Waals surface area contributed by atoms with Crippen LogP contribution in [0.15, 0.2) is 12.2 Å². The molecule has 1 amide bonds. The third-order valence-corrected chi connectivity index (χ3v) is 1.95. The molecule has 0 aliphatic rings. The highest BCUT2D eigenvalue weighted by Gasteiger charge is 2.22. The number of quaternary nitrogens is 1. The SMILES string of the molecule is C/C=C/C(=O)NC(CC)[N+](C)(C)C. The first kappa shape index (κ1) is 12.2. The summed E-state index contributed by atoms with van der Waals surface area (Å²) < 4.78 is 0.750. The maximum Gasteiger partial charge on any atom is 0.248 e. The topological polar surface area (TPSA) is 29.1 Å². The molecule has 0 saturated carbocycles. The summed E-state index contributed by atoms with van der Waals surface area (Å²) in [7, 11) is 6.22. The molecule has 0 bridgehead atoms. The Balaban J connectivity index is 4.22.